The number of imide groups is 1. The standard InChI is InChI=1S/C23H18ClF3N2O3/c24-14-8-6-12(7-9-14)20(30)19-18-17(16-5-2-10-28(16)19)21(31)29(22(18)32)15-4-1-3-13(11-15)23(25,26)27/h1,3-4,6-9,11,16-19H,2,5,10H2. The molecule has 4 unspecified atom stereocenters. The van der Waals surface area contributed by atoms with Crippen LogP contribution < -0.4 is 4.90 Å². The molecule has 0 bridgehead atoms. The normalized spacial score (nSPS) is 27.7. The lowest BCUT2D eigenvalue weighted by Gasteiger charge is -2.27. The van der Waals surface area contributed by atoms with Crippen LogP contribution in [0.15, 0.2) is 48.5 Å². The van der Waals surface area contributed by atoms with E-state index in [1.54, 1.807) is 24.3 Å². The Kier molecular flexibility index (Phi) is 4.90. The van der Waals surface area contributed by atoms with Gasteiger partial charge in [-0.15, -0.1) is 0 Å². The van der Waals surface area contributed by atoms with Gasteiger partial charge >= 0.3 is 6.18 Å². The Morgan fingerprint density at radius 2 is 1.69 bits per heavy atom. The van der Waals surface area contributed by atoms with Gasteiger partial charge < -0.3 is 0 Å². The molecule has 9 heteroatoms. The van der Waals surface area contributed by atoms with E-state index < -0.39 is 41.4 Å². The molecular weight excluding hydrogens is 445 g/mol. The van der Waals surface area contributed by atoms with Crippen molar-refractivity contribution in [2.24, 2.45) is 11.8 Å². The average molecular weight is 463 g/mol. The van der Waals surface area contributed by atoms with Crippen LogP contribution in [-0.2, 0) is 15.8 Å². The van der Waals surface area contributed by atoms with Crippen molar-refractivity contribution in [2.75, 3.05) is 11.4 Å². The third-order valence-corrected chi connectivity index (χ3v) is 6.93. The lowest BCUT2D eigenvalue weighted by atomic mass is 9.85. The summed E-state index contributed by atoms with van der Waals surface area (Å²) in [5.74, 6) is -3.12. The van der Waals surface area contributed by atoms with Gasteiger partial charge in [-0.05, 0) is 61.9 Å². The first-order chi connectivity index (χ1) is 15.2. The predicted octanol–water partition coefficient (Wildman–Crippen LogP) is 4.19. The lowest BCUT2D eigenvalue weighted by molar-refractivity contribution is -0.137. The second kappa shape index (κ2) is 7.42. The Labute approximate surface area is 186 Å². The zero-order chi connectivity index (χ0) is 22.8. The van der Waals surface area contributed by atoms with Gasteiger partial charge in [0, 0.05) is 16.6 Å². The Bertz CT molecular complexity index is 1120. The molecule has 0 radical (unpaired) electrons. The number of ketones is 1. The summed E-state index contributed by atoms with van der Waals surface area (Å²) >= 11 is 5.92. The third-order valence-electron chi connectivity index (χ3n) is 6.68. The minimum atomic E-state index is -4.60. The van der Waals surface area contributed by atoms with E-state index in [2.05, 4.69) is 0 Å². The highest BCUT2D eigenvalue weighted by Crippen LogP contribution is 2.48. The van der Waals surface area contributed by atoms with Crippen molar-refractivity contribution in [2.45, 2.75) is 31.1 Å². The second-order valence-electron chi connectivity index (χ2n) is 8.37. The molecule has 2 amide bonds. The van der Waals surface area contributed by atoms with Crippen molar-refractivity contribution in [1.82, 2.24) is 4.90 Å². The summed E-state index contributed by atoms with van der Waals surface area (Å²) in [7, 11) is 0. The number of alkyl halides is 3. The maximum atomic E-state index is 13.4. The number of hydrogen-bond acceptors (Lipinski definition) is 4. The average Bonchev–Trinajstić information content (AvgIpc) is 3.39. The third kappa shape index (κ3) is 3.16. The molecule has 0 N–H and O–H groups in total. The number of nitrogens with zero attached hydrogens (tertiary/aromatic N) is 2. The first-order valence-electron chi connectivity index (χ1n) is 10.3. The van der Waals surface area contributed by atoms with E-state index in [9.17, 15) is 27.6 Å². The van der Waals surface area contributed by atoms with Crippen LogP contribution in [0.5, 0.6) is 0 Å². The summed E-state index contributed by atoms with van der Waals surface area (Å²) in [5.41, 5.74) is -0.682. The molecule has 3 fully saturated rings. The topological polar surface area (TPSA) is 57.7 Å². The smallest absolute Gasteiger partial charge is 0.292 e. The van der Waals surface area contributed by atoms with Crippen LogP contribution in [-0.4, -0.2) is 41.1 Å². The monoisotopic (exact) mass is 462 g/mol. The van der Waals surface area contributed by atoms with E-state index in [1.165, 1.54) is 12.1 Å². The van der Waals surface area contributed by atoms with Crippen LogP contribution in [0.2, 0.25) is 5.02 Å². The number of carbonyl (C=O) groups excluding carboxylic acids is 3. The molecule has 0 aliphatic carbocycles. The van der Waals surface area contributed by atoms with Crippen molar-refractivity contribution in [3.63, 3.8) is 0 Å². The minimum absolute atomic E-state index is 0.119. The zero-order valence-corrected chi connectivity index (χ0v) is 17.4. The van der Waals surface area contributed by atoms with Gasteiger partial charge in [0.05, 0.1) is 29.1 Å². The number of carbonyl (C=O) groups is 3. The Morgan fingerprint density at radius 1 is 1.00 bits per heavy atom. The first-order valence-corrected chi connectivity index (χ1v) is 10.7. The van der Waals surface area contributed by atoms with Crippen LogP contribution in [0.3, 0.4) is 0 Å². The van der Waals surface area contributed by atoms with E-state index in [-0.39, 0.29) is 17.5 Å². The number of fused-ring (bicyclic) bond motifs is 3. The number of rotatable bonds is 3. The summed E-state index contributed by atoms with van der Waals surface area (Å²) in [6, 6.07) is 9.39. The summed E-state index contributed by atoms with van der Waals surface area (Å²) in [4.78, 5) is 42.9. The van der Waals surface area contributed by atoms with Crippen molar-refractivity contribution >= 4 is 34.9 Å². The number of Topliss-reactive ketones (excluding diaryl/α,β-unsaturated/α-hetero) is 1. The fraction of sp³-hybridized carbons (Fsp3) is 0.348. The van der Waals surface area contributed by atoms with Crippen LogP contribution >= 0.6 is 11.6 Å². The second-order valence-corrected chi connectivity index (χ2v) is 8.81. The van der Waals surface area contributed by atoms with Crippen LogP contribution in [0.25, 0.3) is 0 Å². The van der Waals surface area contributed by atoms with Gasteiger partial charge in [-0.3, -0.25) is 19.3 Å². The molecule has 2 aromatic carbocycles. The minimum Gasteiger partial charge on any atom is -0.292 e. The van der Waals surface area contributed by atoms with Gasteiger partial charge in [-0.25, -0.2) is 4.90 Å². The van der Waals surface area contributed by atoms with E-state index >= 15 is 0 Å². The van der Waals surface area contributed by atoms with Gasteiger partial charge in [0.25, 0.3) is 0 Å². The van der Waals surface area contributed by atoms with Crippen molar-refractivity contribution < 1.29 is 27.6 Å². The predicted molar refractivity (Wildman–Crippen MR) is 110 cm³/mol. The molecule has 3 aliphatic heterocycles. The molecule has 5 nitrogen and oxygen atoms in total. The van der Waals surface area contributed by atoms with Crippen molar-refractivity contribution in [3.8, 4) is 0 Å². The Hall–Kier alpha value is -2.71. The number of hydrogen-bond donors (Lipinski definition) is 0. The van der Waals surface area contributed by atoms with Crippen molar-refractivity contribution in [3.05, 3.63) is 64.7 Å². The highest BCUT2D eigenvalue weighted by molar-refractivity contribution is 6.30. The molecule has 0 saturated carbocycles. The van der Waals surface area contributed by atoms with Gasteiger partial charge in [0.15, 0.2) is 5.78 Å². The van der Waals surface area contributed by atoms with Crippen molar-refractivity contribution in [1.29, 1.82) is 0 Å². The molecule has 0 aromatic heterocycles. The first kappa shape index (κ1) is 21.2. The zero-order valence-electron chi connectivity index (χ0n) is 16.7. The maximum absolute atomic E-state index is 13.4. The van der Waals surface area contributed by atoms with E-state index in [1.807, 2.05) is 4.90 Å². The molecule has 5 rings (SSSR count). The Balaban J connectivity index is 1.54. The molecule has 3 heterocycles. The molecule has 4 atom stereocenters. The molecular formula is C23H18ClF3N2O3. The van der Waals surface area contributed by atoms with Gasteiger partial charge in [-0.1, -0.05) is 17.7 Å². The molecule has 2 aromatic rings. The quantitative estimate of drug-likeness (QED) is 0.507. The van der Waals surface area contributed by atoms with E-state index in [0.717, 1.165) is 23.5 Å². The largest absolute Gasteiger partial charge is 0.416 e. The SMILES string of the molecule is O=C(c1ccc(Cl)cc1)C1C2C(=O)N(c3cccc(C(F)(F)F)c3)C(=O)C2C2CCCN21. The molecule has 166 valence electrons. The van der Waals surface area contributed by atoms with Crippen LogP contribution in [0, 0.1) is 11.8 Å². The number of amides is 2. The molecule has 32 heavy (non-hydrogen) atoms. The van der Waals surface area contributed by atoms with Crippen LogP contribution in [0.1, 0.15) is 28.8 Å². The number of benzene rings is 2. The van der Waals surface area contributed by atoms with Gasteiger partial charge in [0.2, 0.25) is 11.8 Å². The number of halogens is 4. The fourth-order valence-corrected chi connectivity index (χ4v) is 5.50. The van der Waals surface area contributed by atoms with Gasteiger partial charge in [0.1, 0.15) is 0 Å². The molecule has 3 aliphatic rings. The van der Waals surface area contributed by atoms with E-state index in [4.69, 9.17) is 11.6 Å². The Morgan fingerprint density at radius 3 is 2.38 bits per heavy atom. The summed E-state index contributed by atoms with van der Waals surface area (Å²) in [6.45, 7) is 0.589. The van der Waals surface area contributed by atoms with E-state index in [0.29, 0.717) is 23.6 Å². The maximum Gasteiger partial charge on any atom is 0.416 e. The lowest BCUT2D eigenvalue weighted by Crippen LogP contribution is -2.46. The summed E-state index contributed by atoms with van der Waals surface area (Å²) < 4.78 is 39.6. The highest BCUT2D eigenvalue weighted by Gasteiger charge is 2.64. The highest BCUT2D eigenvalue weighted by atomic mass is 35.5. The molecule has 0 spiro atoms. The van der Waals surface area contributed by atoms with Gasteiger partial charge in [-0.2, -0.15) is 13.2 Å². The van der Waals surface area contributed by atoms with Crippen LogP contribution in [0.4, 0.5) is 18.9 Å². The number of anilines is 1. The fourth-order valence-electron chi connectivity index (χ4n) is 5.38. The molecule has 3 saturated heterocycles. The summed E-state index contributed by atoms with van der Waals surface area (Å²) in [6.07, 6.45) is -3.17. The summed E-state index contributed by atoms with van der Waals surface area (Å²) in [5, 5.41) is 0.465.